The lowest BCUT2D eigenvalue weighted by atomic mass is 10.0. The molecule has 0 saturated heterocycles. The summed E-state index contributed by atoms with van der Waals surface area (Å²) in [6, 6.07) is 8.44. The molecular weight excluding hydrogens is 294 g/mol. The van der Waals surface area contributed by atoms with Crippen LogP contribution in [-0.2, 0) is 4.79 Å². The topological polar surface area (TPSA) is 84.2 Å². The van der Waals surface area contributed by atoms with Crippen LogP contribution in [0.15, 0.2) is 34.9 Å². The molecule has 1 aromatic heterocycles. The molecule has 0 saturated carbocycles. The average Bonchev–Trinajstić information content (AvgIpc) is 2.93. The molecule has 2 aromatic rings. The Labute approximate surface area is 135 Å². The predicted molar refractivity (Wildman–Crippen MR) is 88.3 cm³/mol. The van der Waals surface area contributed by atoms with E-state index in [1.54, 1.807) is 37.3 Å². The van der Waals surface area contributed by atoms with Gasteiger partial charge in [-0.2, -0.15) is 0 Å². The van der Waals surface area contributed by atoms with Gasteiger partial charge in [-0.25, -0.2) is 0 Å². The van der Waals surface area contributed by atoms with Crippen molar-refractivity contribution in [1.29, 1.82) is 0 Å². The summed E-state index contributed by atoms with van der Waals surface area (Å²) in [6.07, 6.45) is 1.57. The maximum atomic E-state index is 12.2. The third kappa shape index (κ3) is 4.42. The minimum Gasteiger partial charge on any atom is -0.360 e. The average molecular weight is 315 g/mol. The Morgan fingerprint density at radius 1 is 1.17 bits per heavy atom. The fourth-order valence-corrected chi connectivity index (χ4v) is 2.26. The number of rotatable bonds is 6. The first-order valence-corrected chi connectivity index (χ1v) is 7.69. The quantitative estimate of drug-likeness (QED) is 0.853. The van der Waals surface area contributed by atoms with E-state index in [1.165, 1.54) is 0 Å². The lowest BCUT2D eigenvalue weighted by Crippen LogP contribution is -2.22. The number of hydrogen-bond acceptors (Lipinski definition) is 4. The van der Waals surface area contributed by atoms with Gasteiger partial charge >= 0.3 is 0 Å². The van der Waals surface area contributed by atoms with E-state index in [-0.39, 0.29) is 17.7 Å². The van der Waals surface area contributed by atoms with E-state index in [9.17, 15) is 9.59 Å². The van der Waals surface area contributed by atoms with Crippen molar-refractivity contribution < 1.29 is 14.1 Å². The van der Waals surface area contributed by atoms with Crippen molar-refractivity contribution in [2.75, 3.05) is 10.6 Å². The molecule has 1 aromatic carbocycles. The van der Waals surface area contributed by atoms with Crippen LogP contribution < -0.4 is 10.6 Å². The smallest absolute Gasteiger partial charge is 0.256 e. The first-order chi connectivity index (χ1) is 11.0. The number of amides is 2. The van der Waals surface area contributed by atoms with Crippen LogP contribution >= 0.6 is 0 Å². The number of aromatic nitrogens is 1. The molecule has 0 spiro atoms. The minimum absolute atomic E-state index is 0.0226. The molecule has 2 rings (SSSR count). The molecule has 2 N–H and O–H groups in total. The van der Waals surface area contributed by atoms with Crippen LogP contribution in [-0.4, -0.2) is 17.0 Å². The van der Waals surface area contributed by atoms with Gasteiger partial charge in [0.2, 0.25) is 5.91 Å². The summed E-state index contributed by atoms with van der Waals surface area (Å²) in [5.41, 5.74) is 1.04. The van der Waals surface area contributed by atoms with Crippen LogP contribution in [0.3, 0.4) is 0 Å². The number of nitrogens with zero attached hydrogens (tertiary/aromatic N) is 1. The van der Waals surface area contributed by atoms with E-state index in [0.717, 1.165) is 12.8 Å². The van der Waals surface area contributed by atoms with Crippen molar-refractivity contribution in [2.45, 2.75) is 33.6 Å². The Kier molecular flexibility index (Phi) is 5.51. The van der Waals surface area contributed by atoms with Crippen LogP contribution in [0, 0.1) is 12.8 Å². The number of carbonyl (C=O) groups is 2. The normalized spacial score (nSPS) is 10.6. The van der Waals surface area contributed by atoms with Gasteiger partial charge in [0.25, 0.3) is 5.91 Å². The highest BCUT2D eigenvalue weighted by Crippen LogP contribution is 2.16. The lowest BCUT2D eigenvalue weighted by molar-refractivity contribution is -0.120. The van der Waals surface area contributed by atoms with Gasteiger partial charge in [0.1, 0.15) is 5.76 Å². The fraction of sp³-hybridized carbons (Fsp3) is 0.353. The number of anilines is 2. The minimum atomic E-state index is -0.308. The van der Waals surface area contributed by atoms with Gasteiger partial charge in [-0.3, -0.25) is 9.59 Å². The van der Waals surface area contributed by atoms with E-state index < -0.39 is 0 Å². The van der Waals surface area contributed by atoms with Gasteiger partial charge < -0.3 is 15.2 Å². The lowest BCUT2D eigenvalue weighted by Gasteiger charge is -2.13. The molecule has 0 aliphatic carbocycles. The molecule has 0 bridgehead atoms. The van der Waals surface area contributed by atoms with Gasteiger partial charge in [-0.05, 0) is 38.0 Å². The van der Waals surface area contributed by atoms with Gasteiger partial charge in [-0.15, -0.1) is 0 Å². The number of carbonyl (C=O) groups excluding carboxylic acids is 2. The SMILES string of the molecule is CCC(CC)C(=O)Nc1cccc(C(=O)Nc2cc(C)on2)c1. The molecule has 0 atom stereocenters. The van der Waals surface area contributed by atoms with Crippen LogP contribution in [0.2, 0.25) is 0 Å². The van der Waals surface area contributed by atoms with Gasteiger partial charge in [0.15, 0.2) is 5.82 Å². The van der Waals surface area contributed by atoms with Gasteiger partial charge in [-0.1, -0.05) is 25.1 Å². The largest absolute Gasteiger partial charge is 0.360 e. The van der Waals surface area contributed by atoms with E-state index >= 15 is 0 Å². The predicted octanol–water partition coefficient (Wildman–Crippen LogP) is 3.61. The molecule has 0 aliphatic rings. The second-order valence-electron chi connectivity index (χ2n) is 5.36. The van der Waals surface area contributed by atoms with Crippen molar-refractivity contribution in [2.24, 2.45) is 5.92 Å². The van der Waals surface area contributed by atoms with E-state index in [2.05, 4.69) is 15.8 Å². The number of hydrogen-bond donors (Lipinski definition) is 2. The molecule has 0 unspecified atom stereocenters. The highest BCUT2D eigenvalue weighted by Gasteiger charge is 2.15. The first kappa shape index (κ1) is 16.7. The summed E-state index contributed by atoms with van der Waals surface area (Å²) in [4.78, 5) is 24.3. The second kappa shape index (κ2) is 7.58. The Bertz CT molecular complexity index is 690. The number of benzene rings is 1. The molecule has 0 aliphatic heterocycles. The number of nitrogens with one attached hydrogen (secondary N) is 2. The van der Waals surface area contributed by atoms with Gasteiger partial charge in [0, 0.05) is 23.2 Å². The zero-order valence-electron chi connectivity index (χ0n) is 13.6. The van der Waals surface area contributed by atoms with Crippen LogP contribution in [0.4, 0.5) is 11.5 Å². The third-order valence-corrected chi connectivity index (χ3v) is 3.62. The van der Waals surface area contributed by atoms with Crippen LogP contribution in [0.25, 0.3) is 0 Å². The summed E-state index contributed by atoms with van der Waals surface area (Å²) < 4.78 is 4.91. The molecular formula is C17H21N3O3. The second-order valence-corrected chi connectivity index (χ2v) is 5.36. The third-order valence-electron chi connectivity index (χ3n) is 3.62. The van der Waals surface area contributed by atoms with Crippen molar-refractivity contribution in [1.82, 2.24) is 5.16 Å². The Hall–Kier alpha value is -2.63. The van der Waals surface area contributed by atoms with Crippen molar-refractivity contribution in [3.63, 3.8) is 0 Å². The molecule has 6 heteroatoms. The highest BCUT2D eigenvalue weighted by molar-refractivity contribution is 6.05. The first-order valence-electron chi connectivity index (χ1n) is 7.69. The molecule has 0 radical (unpaired) electrons. The molecule has 23 heavy (non-hydrogen) atoms. The van der Waals surface area contributed by atoms with Crippen molar-refractivity contribution in [3.05, 3.63) is 41.7 Å². The number of aryl methyl sites for hydroxylation is 1. The van der Waals surface area contributed by atoms with Crippen LogP contribution in [0.5, 0.6) is 0 Å². The molecule has 2 amide bonds. The summed E-state index contributed by atoms with van der Waals surface area (Å²) in [5.74, 6) is 0.618. The van der Waals surface area contributed by atoms with E-state index in [0.29, 0.717) is 22.8 Å². The monoisotopic (exact) mass is 315 g/mol. The molecule has 1 heterocycles. The highest BCUT2D eigenvalue weighted by atomic mass is 16.5. The zero-order valence-corrected chi connectivity index (χ0v) is 13.6. The van der Waals surface area contributed by atoms with Crippen molar-refractivity contribution in [3.8, 4) is 0 Å². The zero-order chi connectivity index (χ0) is 16.8. The van der Waals surface area contributed by atoms with Gasteiger partial charge in [0.05, 0.1) is 0 Å². The molecule has 0 fully saturated rings. The maximum absolute atomic E-state index is 12.2. The maximum Gasteiger partial charge on any atom is 0.256 e. The summed E-state index contributed by atoms with van der Waals surface area (Å²) in [5, 5.41) is 9.22. The molecule has 6 nitrogen and oxygen atoms in total. The summed E-state index contributed by atoms with van der Waals surface area (Å²) in [6.45, 7) is 5.71. The summed E-state index contributed by atoms with van der Waals surface area (Å²) >= 11 is 0. The Morgan fingerprint density at radius 3 is 2.52 bits per heavy atom. The van der Waals surface area contributed by atoms with Crippen molar-refractivity contribution >= 4 is 23.3 Å². The summed E-state index contributed by atoms with van der Waals surface area (Å²) in [7, 11) is 0. The standard InChI is InChI=1S/C17H21N3O3/c1-4-12(5-2)16(21)18-14-8-6-7-13(10-14)17(22)19-15-9-11(3)23-20-15/h6-10,12H,4-5H2,1-3H3,(H,18,21)(H,19,20,22). The molecule has 122 valence electrons. The van der Waals surface area contributed by atoms with E-state index in [4.69, 9.17) is 4.52 Å². The van der Waals surface area contributed by atoms with Crippen LogP contribution in [0.1, 0.15) is 42.8 Å². The Morgan fingerprint density at radius 2 is 1.91 bits per heavy atom. The Balaban J connectivity index is 2.07. The fourth-order valence-electron chi connectivity index (χ4n) is 2.26. The van der Waals surface area contributed by atoms with E-state index in [1.807, 2.05) is 13.8 Å².